The van der Waals surface area contributed by atoms with Crippen molar-refractivity contribution in [2.24, 2.45) is 46.3 Å². The highest BCUT2D eigenvalue weighted by atomic mass is 32.2. The number of aliphatic hydroxyl groups excluding tert-OH is 2. The normalized spacial score (nSPS) is 45.1. The van der Waals surface area contributed by atoms with E-state index in [9.17, 15) is 23.4 Å². The van der Waals surface area contributed by atoms with Crippen LogP contribution in [0.3, 0.4) is 0 Å². The molecule has 0 saturated heterocycles. The van der Waals surface area contributed by atoms with Crippen molar-refractivity contribution in [2.45, 2.75) is 97.2 Å². The molecule has 0 bridgehead atoms. The number of fused-ring (bicyclic) bond motifs is 5. The molecule has 1 amide bonds. The van der Waals surface area contributed by atoms with E-state index in [1.807, 2.05) is 0 Å². The molecule has 0 radical (unpaired) electrons. The quantitative estimate of drug-likeness (QED) is 0.398. The molecule has 4 saturated carbocycles. The Kier molecular flexibility index (Phi) is 7.47. The van der Waals surface area contributed by atoms with Gasteiger partial charge >= 0.3 is 0 Å². The van der Waals surface area contributed by atoms with E-state index in [1.54, 1.807) is 0 Å². The third kappa shape index (κ3) is 4.81. The molecule has 0 spiro atoms. The van der Waals surface area contributed by atoms with Crippen molar-refractivity contribution in [1.82, 2.24) is 5.32 Å². The van der Waals surface area contributed by atoms with Gasteiger partial charge in [0.2, 0.25) is 5.91 Å². The molecule has 34 heavy (non-hydrogen) atoms. The molecule has 0 unspecified atom stereocenters. The lowest BCUT2D eigenvalue weighted by Gasteiger charge is -2.62. The summed E-state index contributed by atoms with van der Waals surface area (Å²) < 4.78 is 30.5. The Labute approximate surface area is 205 Å². The van der Waals surface area contributed by atoms with Crippen LogP contribution in [0.15, 0.2) is 0 Å². The SMILES string of the molecule is C[C@H](CCC(=O)NCCS(=O)(=O)O)[C@H]1CC[C@H]2[C@@H]3CC[C@H]4C[C@H](O)CC[C@]4(C)[C@@H]3C[C@H](O)[C@@]12C. The molecule has 4 fully saturated rings. The summed E-state index contributed by atoms with van der Waals surface area (Å²) in [6.07, 6.45) is 8.93. The highest BCUT2D eigenvalue weighted by molar-refractivity contribution is 7.85. The summed E-state index contributed by atoms with van der Waals surface area (Å²) in [6, 6.07) is 0. The van der Waals surface area contributed by atoms with Crippen LogP contribution in [0.1, 0.15) is 85.0 Å². The maximum Gasteiger partial charge on any atom is 0.266 e. The Morgan fingerprint density at radius 2 is 1.79 bits per heavy atom. The maximum absolute atomic E-state index is 12.2. The van der Waals surface area contributed by atoms with E-state index < -0.39 is 15.9 Å². The molecule has 4 aliphatic carbocycles. The van der Waals surface area contributed by atoms with Crippen molar-refractivity contribution in [3.8, 4) is 0 Å². The number of carbonyl (C=O) groups excluding carboxylic acids is 1. The van der Waals surface area contributed by atoms with Crippen molar-refractivity contribution in [1.29, 1.82) is 0 Å². The summed E-state index contributed by atoms with van der Waals surface area (Å²) >= 11 is 0. The maximum atomic E-state index is 12.2. The summed E-state index contributed by atoms with van der Waals surface area (Å²) in [6.45, 7) is 6.86. The molecule has 0 aliphatic heterocycles. The fourth-order valence-electron chi connectivity index (χ4n) is 9.13. The van der Waals surface area contributed by atoms with Gasteiger partial charge in [0, 0.05) is 13.0 Å². The Morgan fingerprint density at radius 1 is 1.06 bits per heavy atom. The van der Waals surface area contributed by atoms with Gasteiger partial charge < -0.3 is 15.5 Å². The minimum absolute atomic E-state index is 0.0756. The van der Waals surface area contributed by atoms with E-state index in [1.165, 1.54) is 12.8 Å². The number of rotatable bonds is 7. The first-order chi connectivity index (χ1) is 15.9. The van der Waals surface area contributed by atoms with Gasteiger partial charge in [0.15, 0.2) is 0 Å². The molecule has 0 aromatic rings. The number of nitrogens with one attached hydrogen (secondary N) is 1. The van der Waals surface area contributed by atoms with Crippen molar-refractivity contribution in [3.05, 3.63) is 0 Å². The van der Waals surface area contributed by atoms with Crippen LogP contribution in [0, 0.1) is 46.3 Å². The van der Waals surface area contributed by atoms with Crippen molar-refractivity contribution in [2.75, 3.05) is 12.3 Å². The van der Waals surface area contributed by atoms with E-state index in [-0.39, 0.29) is 35.5 Å². The first-order valence-corrected chi connectivity index (χ1v) is 15.0. The second-order valence-electron chi connectivity index (χ2n) is 12.5. The number of aliphatic hydroxyl groups is 2. The van der Waals surface area contributed by atoms with Gasteiger partial charge in [-0.2, -0.15) is 8.42 Å². The van der Waals surface area contributed by atoms with Gasteiger partial charge in [0.25, 0.3) is 10.1 Å². The summed E-state index contributed by atoms with van der Waals surface area (Å²) in [5, 5.41) is 24.5. The lowest BCUT2D eigenvalue weighted by molar-refractivity contribution is -0.174. The fourth-order valence-corrected chi connectivity index (χ4v) is 9.49. The number of carbonyl (C=O) groups is 1. The van der Waals surface area contributed by atoms with Crippen molar-refractivity contribution in [3.63, 3.8) is 0 Å². The van der Waals surface area contributed by atoms with Crippen LogP contribution in [-0.4, -0.2) is 53.6 Å². The van der Waals surface area contributed by atoms with E-state index in [2.05, 4.69) is 26.1 Å². The Morgan fingerprint density at radius 3 is 2.50 bits per heavy atom. The van der Waals surface area contributed by atoms with E-state index in [0.29, 0.717) is 48.3 Å². The molecular weight excluding hydrogens is 454 g/mol. The molecule has 8 heteroatoms. The van der Waals surface area contributed by atoms with Crippen LogP contribution in [0.25, 0.3) is 0 Å². The average Bonchev–Trinajstić information content (AvgIpc) is 3.11. The van der Waals surface area contributed by atoms with Gasteiger partial charge in [0.05, 0.1) is 18.0 Å². The number of hydrogen-bond acceptors (Lipinski definition) is 5. The van der Waals surface area contributed by atoms with Crippen LogP contribution in [-0.2, 0) is 14.9 Å². The molecule has 196 valence electrons. The molecule has 4 rings (SSSR count). The minimum atomic E-state index is -4.07. The van der Waals surface area contributed by atoms with Crippen molar-refractivity contribution >= 4 is 16.0 Å². The predicted molar refractivity (Wildman–Crippen MR) is 130 cm³/mol. The molecule has 7 nitrogen and oxygen atoms in total. The van der Waals surface area contributed by atoms with Crippen molar-refractivity contribution < 1.29 is 28.0 Å². The fraction of sp³-hybridized carbons (Fsp3) is 0.962. The first kappa shape index (κ1) is 26.4. The molecule has 0 aromatic heterocycles. The second-order valence-corrected chi connectivity index (χ2v) is 14.1. The summed E-state index contributed by atoms with van der Waals surface area (Å²) in [5.74, 6) is 2.28. The van der Waals surface area contributed by atoms with E-state index >= 15 is 0 Å². The zero-order valence-corrected chi connectivity index (χ0v) is 21.9. The molecular formula is C26H45NO6S. The monoisotopic (exact) mass is 499 g/mol. The predicted octanol–water partition coefficient (Wildman–Crippen LogP) is 3.40. The van der Waals surface area contributed by atoms with Gasteiger partial charge in [0.1, 0.15) is 0 Å². The number of hydrogen-bond donors (Lipinski definition) is 4. The molecule has 0 heterocycles. The molecule has 10 atom stereocenters. The largest absolute Gasteiger partial charge is 0.393 e. The van der Waals surface area contributed by atoms with Gasteiger partial charge in [-0.05, 0) is 104 Å². The minimum Gasteiger partial charge on any atom is -0.393 e. The Balaban J connectivity index is 1.40. The van der Waals surface area contributed by atoms with Gasteiger partial charge in [-0.1, -0.05) is 20.8 Å². The second kappa shape index (κ2) is 9.64. The van der Waals surface area contributed by atoms with Crippen LogP contribution >= 0.6 is 0 Å². The molecule has 0 aromatic carbocycles. The van der Waals surface area contributed by atoms with Crippen LogP contribution < -0.4 is 5.32 Å². The summed E-state index contributed by atoms with van der Waals surface area (Å²) in [5.41, 5.74) is 0.105. The van der Waals surface area contributed by atoms with Crippen LogP contribution in [0.2, 0.25) is 0 Å². The van der Waals surface area contributed by atoms with E-state index in [4.69, 9.17) is 4.55 Å². The first-order valence-electron chi connectivity index (χ1n) is 13.4. The highest BCUT2D eigenvalue weighted by Gasteiger charge is 2.63. The van der Waals surface area contributed by atoms with Gasteiger partial charge in [-0.25, -0.2) is 0 Å². The summed E-state index contributed by atoms with van der Waals surface area (Å²) in [4.78, 5) is 12.2. The molecule has 4 aliphatic rings. The van der Waals surface area contributed by atoms with Gasteiger partial charge in [-0.15, -0.1) is 0 Å². The molecule has 4 N–H and O–H groups in total. The standard InChI is InChI=1S/C26H45NO6S/c1-16(4-9-24(30)27-12-13-34(31,32)33)20-7-8-21-19-6-5-17-14-18(28)10-11-25(17,2)22(19)15-23(29)26(20,21)3/h16-23,28-29H,4-15H2,1-3H3,(H,27,30)(H,31,32,33)/t16-,17+,18-,19+,20-,21+,22-,23+,25+,26+/m1/s1. The van der Waals surface area contributed by atoms with Crippen LogP contribution in [0.5, 0.6) is 0 Å². The third-order valence-electron chi connectivity index (χ3n) is 11.0. The zero-order chi connectivity index (χ0) is 24.9. The Bertz CT molecular complexity index is 863. The average molecular weight is 500 g/mol. The van der Waals surface area contributed by atoms with E-state index in [0.717, 1.165) is 38.5 Å². The number of amides is 1. The highest BCUT2D eigenvalue weighted by Crippen LogP contribution is 2.68. The lowest BCUT2D eigenvalue weighted by Crippen LogP contribution is -2.58. The lowest BCUT2D eigenvalue weighted by atomic mass is 9.43. The van der Waals surface area contributed by atoms with Crippen LogP contribution in [0.4, 0.5) is 0 Å². The summed E-state index contributed by atoms with van der Waals surface area (Å²) in [7, 11) is -4.07. The third-order valence-corrected chi connectivity index (χ3v) is 11.7. The smallest absolute Gasteiger partial charge is 0.266 e. The zero-order valence-electron chi connectivity index (χ0n) is 21.1. The Hall–Kier alpha value is -0.700. The van der Waals surface area contributed by atoms with Gasteiger partial charge in [-0.3, -0.25) is 9.35 Å². The topological polar surface area (TPSA) is 124 Å².